The Balaban J connectivity index is 3.09. The normalized spacial score (nSPS) is 11.3. The van der Waals surface area contributed by atoms with Gasteiger partial charge in [0, 0.05) is 13.0 Å². The lowest BCUT2D eigenvalue weighted by atomic mass is 10.1. The van der Waals surface area contributed by atoms with Gasteiger partial charge in [-0.1, -0.05) is 74.5 Å². The predicted molar refractivity (Wildman–Crippen MR) is 151 cm³/mol. The van der Waals surface area contributed by atoms with Crippen LogP contribution < -0.4 is 0 Å². The van der Waals surface area contributed by atoms with Gasteiger partial charge >= 0.3 is 5.97 Å². The van der Waals surface area contributed by atoms with Crippen LogP contribution >= 0.6 is 22.6 Å². The fourth-order valence-corrected chi connectivity index (χ4v) is 3.73. The molecule has 0 radical (unpaired) electrons. The summed E-state index contributed by atoms with van der Waals surface area (Å²) in [5.74, 6) is -0.132. The Morgan fingerprint density at radius 1 is 0.472 bits per heavy atom. The van der Waals surface area contributed by atoms with E-state index in [0.717, 1.165) is 25.9 Å². The summed E-state index contributed by atoms with van der Waals surface area (Å²) < 4.78 is 39.2. The number of unbranched alkanes of at least 4 members (excludes halogenated alkanes) is 8. The summed E-state index contributed by atoms with van der Waals surface area (Å²) >= 11 is 2.42. The van der Waals surface area contributed by atoms with E-state index < -0.39 is 0 Å². The van der Waals surface area contributed by atoms with E-state index in [1.165, 1.54) is 49.4 Å². The van der Waals surface area contributed by atoms with Crippen LogP contribution in [-0.4, -0.2) is 96.3 Å². The summed E-state index contributed by atoms with van der Waals surface area (Å²) in [5, 5.41) is 0. The second-order valence-corrected chi connectivity index (χ2v) is 9.59. The number of esters is 1. The van der Waals surface area contributed by atoms with E-state index in [2.05, 4.69) is 29.5 Å². The summed E-state index contributed by atoms with van der Waals surface area (Å²) in [4.78, 5) is 11.6. The molecule has 0 heterocycles. The van der Waals surface area contributed by atoms with Gasteiger partial charge in [0.05, 0.1) is 72.7 Å². The molecule has 0 saturated carbocycles. The van der Waals surface area contributed by atoms with Crippen molar-refractivity contribution in [3.63, 3.8) is 0 Å². The van der Waals surface area contributed by atoms with Crippen LogP contribution in [-0.2, 0) is 38.0 Å². The second-order valence-electron chi connectivity index (χ2n) is 8.52. The SMILES string of the molecule is CCCCCCCCC(=O)OCCOCCOCCOCCOCCOCCOCCCCCCI. The molecule has 0 unspecified atom stereocenters. The molecule has 0 N–H and O–H groups in total. The molecule has 0 saturated heterocycles. The molecule has 216 valence electrons. The smallest absolute Gasteiger partial charge is 0.305 e. The molecule has 0 aromatic rings. The monoisotopic (exact) mass is 632 g/mol. The van der Waals surface area contributed by atoms with Gasteiger partial charge in [0.25, 0.3) is 0 Å². The van der Waals surface area contributed by atoms with E-state index in [-0.39, 0.29) is 5.97 Å². The minimum absolute atomic E-state index is 0.132. The summed E-state index contributed by atoms with van der Waals surface area (Å²) in [5.41, 5.74) is 0. The Morgan fingerprint density at radius 2 is 0.861 bits per heavy atom. The molecule has 0 rings (SSSR count). The first-order chi connectivity index (χ1) is 17.8. The Morgan fingerprint density at radius 3 is 1.36 bits per heavy atom. The number of carbonyl (C=O) groups excluding carboxylic acids is 1. The topological polar surface area (TPSA) is 81.7 Å². The second kappa shape index (κ2) is 33.0. The Labute approximate surface area is 233 Å². The average molecular weight is 633 g/mol. The Hall–Kier alpha value is -0.0400. The van der Waals surface area contributed by atoms with Crippen molar-refractivity contribution in [3.8, 4) is 0 Å². The summed E-state index contributed by atoms with van der Waals surface area (Å²) in [6, 6.07) is 0. The third-order valence-electron chi connectivity index (χ3n) is 5.26. The zero-order valence-electron chi connectivity index (χ0n) is 22.8. The van der Waals surface area contributed by atoms with E-state index in [1.807, 2.05) is 0 Å². The van der Waals surface area contributed by atoms with Crippen LogP contribution in [0.5, 0.6) is 0 Å². The number of hydrogen-bond acceptors (Lipinski definition) is 8. The molecule has 0 aliphatic carbocycles. The van der Waals surface area contributed by atoms with Crippen molar-refractivity contribution in [3.05, 3.63) is 0 Å². The predicted octanol–water partition coefficient (Wildman–Crippen LogP) is 5.38. The fourth-order valence-electron chi connectivity index (χ4n) is 3.19. The fraction of sp³-hybridized carbons (Fsp3) is 0.963. The third kappa shape index (κ3) is 32.0. The lowest BCUT2D eigenvalue weighted by Gasteiger charge is -2.08. The Kier molecular flexibility index (Phi) is 33.0. The highest BCUT2D eigenvalue weighted by Gasteiger charge is 2.02. The van der Waals surface area contributed by atoms with Crippen LogP contribution in [0.15, 0.2) is 0 Å². The van der Waals surface area contributed by atoms with Gasteiger partial charge in [-0.3, -0.25) is 4.79 Å². The molecule has 0 aromatic heterocycles. The first kappa shape index (κ1) is 36.0. The molecule has 8 nitrogen and oxygen atoms in total. The largest absolute Gasteiger partial charge is 0.463 e. The van der Waals surface area contributed by atoms with Gasteiger partial charge in [-0.05, 0) is 23.7 Å². The van der Waals surface area contributed by atoms with Crippen molar-refractivity contribution in [2.75, 3.05) is 90.3 Å². The number of alkyl halides is 1. The first-order valence-corrected chi connectivity index (χ1v) is 15.5. The maximum atomic E-state index is 11.6. The lowest BCUT2D eigenvalue weighted by Crippen LogP contribution is -2.15. The highest BCUT2D eigenvalue weighted by Crippen LogP contribution is 2.07. The number of carbonyl (C=O) groups is 1. The van der Waals surface area contributed by atoms with Crippen LogP contribution in [0.25, 0.3) is 0 Å². The minimum Gasteiger partial charge on any atom is -0.463 e. The summed E-state index contributed by atoms with van der Waals surface area (Å²) in [6.45, 7) is 9.18. The molecule has 0 aromatic carbocycles. The van der Waals surface area contributed by atoms with Crippen molar-refractivity contribution in [2.24, 2.45) is 0 Å². The molecule has 9 heteroatoms. The van der Waals surface area contributed by atoms with Crippen LogP contribution in [0.4, 0.5) is 0 Å². The molecule has 0 amide bonds. The van der Waals surface area contributed by atoms with Gasteiger partial charge in [0.2, 0.25) is 0 Å². The van der Waals surface area contributed by atoms with E-state index in [0.29, 0.717) is 85.7 Å². The van der Waals surface area contributed by atoms with Gasteiger partial charge in [-0.15, -0.1) is 0 Å². The standard InChI is InChI=1S/C27H53IO8/c1-2-3-4-5-6-9-12-27(29)36-26-25-35-24-23-34-22-21-33-20-19-32-18-17-31-16-15-30-14-11-8-7-10-13-28/h2-26H2,1H3. The number of ether oxygens (including phenoxy) is 7. The molecule has 0 spiro atoms. The zero-order chi connectivity index (χ0) is 26.2. The van der Waals surface area contributed by atoms with Gasteiger partial charge in [-0.2, -0.15) is 0 Å². The van der Waals surface area contributed by atoms with Crippen molar-refractivity contribution >= 4 is 28.6 Å². The van der Waals surface area contributed by atoms with Gasteiger partial charge in [0.1, 0.15) is 6.61 Å². The quantitative estimate of drug-likeness (QED) is 0.0437. The van der Waals surface area contributed by atoms with Gasteiger partial charge in [-0.25, -0.2) is 0 Å². The third-order valence-corrected chi connectivity index (χ3v) is 6.02. The van der Waals surface area contributed by atoms with Crippen LogP contribution in [0.1, 0.15) is 77.6 Å². The van der Waals surface area contributed by atoms with Crippen LogP contribution in [0, 0.1) is 0 Å². The van der Waals surface area contributed by atoms with Crippen LogP contribution in [0.2, 0.25) is 0 Å². The zero-order valence-corrected chi connectivity index (χ0v) is 25.0. The minimum atomic E-state index is -0.132. The molecule has 0 fully saturated rings. The van der Waals surface area contributed by atoms with Crippen molar-refractivity contribution in [2.45, 2.75) is 77.6 Å². The van der Waals surface area contributed by atoms with E-state index >= 15 is 0 Å². The van der Waals surface area contributed by atoms with E-state index in [9.17, 15) is 4.79 Å². The molecule has 0 atom stereocenters. The summed E-state index contributed by atoms with van der Waals surface area (Å²) in [6.07, 6.45) is 12.5. The van der Waals surface area contributed by atoms with E-state index in [4.69, 9.17) is 33.2 Å². The first-order valence-electron chi connectivity index (χ1n) is 14.0. The molecular weight excluding hydrogens is 579 g/mol. The molecule has 36 heavy (non-hydrogen) atoms. The molecule has 0 aliphatic rings. The van der Waals surface area contributed by atoms with Crippen molar-refractivity contribution < 1.29 is 38.0 Å². The number of halogens is 1. The molecule has 0 aliphatic heterocycles. The number of hydrogen-bond donors (Lipinski definition) is 0. The maximum Gasteiger partial charge on any atom is 0.305 e. The lowest BCUT2D eigenvalue weighted by molar-refractivity contribution is -0.145. The van der Waals surface area contributed by atoms with Gasteiger partial charge < -0.3 is 33.2 Å². The maximum absolute atomic E-state index is 11.6. The highest BCUT2D eigenvalue weighted by atomic mass is 127. The highest BCUT2D eigenvalue weighted by molar-refractivity contribution is 14.1. The van der Waals surface area contributed by atoms with Crippen molar-refractivity contribution in [1.82, 2.24) is 0 Å². The average Bonchev–Trinajstić information content (AvgIpc) is 2.88. The number of rotatable bonds is 31. The summed E-state index contributed by atoms with van der Waals surface area (Å²) in [7, 11) is 0. The van der Waals surface area contributed by atoms with Gasteiger partial charge in [0.15, 0.2) is 0 Å². The Bertz CT molecular complexity index is 429. The van der Waals surface area contributed by atoms with Crippen LogP contribution in [0.3, 0.4) is 0 Å². The molecule has 0 bridgehead atoms. The molecular formula is C27H53IO8. The van der Waals surface area contributed by atoms with Crippen molar-refractivity contribution in [1.29, 1.82) is 0 Å². The van der Waals surface area contributed by atoms with E-state index in [1.54, 1.807) is 0 Å².